The zero-order chi connectivity index (χ0) is 15.4. The Bertz CT molecular complexity index is 697. The fourth-order valence-corrected chi connectivity index (χ4v) is 6.22. The Hall–Kier alpha value is -1.24. The summed E-state index contributed by atoms with van der Waals surface area (Å²) in [5.41, 5.74) is 0.465. The zero-order valence-corrected chi connectivity index (χ0v) is 14.3. The molecule has 23 heavy (non-hydrogen) atoms. The number of carbonyl (C=O) groups is 1. The molecule has 2 aromatic heterocycles. The van der Waals surface area contributed by atoms with Crippen LogP contribution in [-0.2, 0) is 4.74 Å². The van der Waals surface area contributed by atoms with Crippen LogP contribution in [-0.4, -0.2) is 41.6 Å². The first-order valence-electron chi connectivity index (χ1n) is 8.19. The molecule has 4 nitrogen and oxygen atoms in total. The van der Waals surface area contributed by atoms with Gasteiger partial charge in [0.1, 0.15) is 11.1 Å². The molecule has 5 heterocycles. The number of nitrogens with zero attached hydrogens (tertiary/aromatic N) is 2. The Balaban J connectivity index is 1.32. The fraction of sp³-hybridized carbons (Fsp3) is 0.529. The van der Waals surface area contributed by atoms with E-state index < -0.39 is 0 Å². The van der Waals surface area contributed by atoms with Crippen LogP contribution in [0.5, 0.6) is 0 Å². The zero-order valence-electron chi connectivity index (χ0n) is 12.7. The highest BCUT2D eigenvalue weighted by Crippen LogP contribution is 2.45. The van der Waals surface area contributed by atoms with E-state index in [-0.39, 0.29) is 12.1 Å². The predicted octanol–water partition coefficient (Wildman–Crippen LogP) is 3.37. The molecule has 0 aromatic carbocycles. The fourth-order valence-electron chi connectivity index (χ4n) is 4.62. The maximum absolute atomic E-state index is 12.5. The van der Waals surface area contributed by atoms with Gasteiger partial charge in [0, 0.05) is 36.9 Å². The first-order valence-corrected chi connectivity index (χ1v) is 9.95. The van der Waals surface area contributed by atoms with E-state index in [4.69, 9.17) is 4.74 Å². The summed E-state index contributed by atoms with van der Waals surface area (Å²) in [4.78, 5) is 20.7. The number of esters is 1. The summed E-state index contributed by atoms with van der Waals surface area (Å²) in [6.07, 6.45) is 2.55. The minimum Gasteiger partial charge on any atom is -0.457 e. The molecule has 4 bridgehead atoms. The van der Waals surface area contributed by atoms with Gasteiger partial charge in [-0.05, 0) is 30.2 Å². The van der Waals surface area contributed by atoms with Crippen LogP contribution in [0.15, 0.2) is 22.9 Å². The number of thiazole rings is 1. The van der Waals surface area contributed by atoms with Crippen LogP contribution in [0.2, 0.25) is 0 Å². The first kappa shape index (κ1) is 14.1. The molecule has 1 saturated carbocycles. The molecule has 4 fully saturated rings. The van der Waals surface area contributed by atoms with E-state index in [2.05, 4.69) is 9.88 Å². The molecule has 0 amide bonds. The summed E-state index contributed by atoms with van der Waals surface area (Å²) in [5.74, 6) is 1.64. The first-order chi connectivity index (χ1) is 11.3. The second-order valence-electron chi connectivity index (χ2n) is 6.96. The normalized spacial score (nSPS) is 34.7. The molecule has 6 rings (SSSR count). The van der Waals surface area contributed by atoms with Crippen molar-refractivity contribution in [1.82, 2.24) is 9.88 Å². The lowest BCUT2D eigenvalue weighted by atomic mass is 9.66. The van der Waals surface area contributed by atoms with Crippen molar-refractivity contribution in [3.8, 4) is 9.88 Å². The van der Waals surface area contributed by atoms with Crippen molar-refractivity contribution in [1.29, 1.82) is 0 Å². The van der Waals surface area contributed by atoms with Gasteiger partial charge in [-0.2, -0.15) is 0 Å². The Morgan fingerprint density at radius 2 is 2.04 bits per heavy atom. The average Bonchev–Trinajstić information content (AvgIpc) is 3.20. The Morgan fingerprint density at radius 1 is 1.22 bits per heavy atom. The average molecular weight is 346 g/mol. The summed E-state index contributed by atoms with van der Waals surface area (Å²) in [5, 5.41) is 4.76. The monoisotopic (exact) mass is 346 g/mol. The molecule has 0 N–H and O–H groups in total. The van der Waals surface area contributed by atoms with Gasteiger partial charge < -0.3 is 9.64 Å². The molecule has 4 aliphatic rings. The number of hydrogen-bond donors (Lipinski definition) is 0. The number of ether oxygens (including phenoxy) is 1. The lowest BCUT2D eigenvalue weighted by Crippen LogP contribution is -2.60. The number of aromatic nitrogens is 1. The van der Waals surface area contributed by atoms with Gasteiger partial charge in [-0.15, -0.1) is 22.7 Å². The number of piperidine rings is 3. The maximum atomic E-state index is 12.5. The summed E-state index contributed by atoms with van der Waals surface area (Å²) < 4.78 is 5.93. The smallest absolute Gasteiger partial charge is 0.358 e. The van der Waals surface area contributed by atoms with Gasteiger partial charge in [0.25, 0.3) is 0 Å². The predicted molar refractivity (Wildman–Crippen MR) is 90.8 cm³/mol. The second-order valence-corrected chi connectivity index (χ2v) is 8.77. The Kier molecular flexibility index (Phi) is 3.32. The molecule has 3 aliphatic heterocycles. The molecule has 120 valence electrons. The minimum atomic E-state index is -0.239. The molecular weight excluding hydrogens is 328 g/mol. The maximum Gasteiger partial charge on any atom is 0.358 e. The molecule has 2 atom stereocenters. The van der Waals surface area contributed by atoms with Crippen molar-refractivity contribution >= 4 is 28.6 Å². The lowest BCUT2D eigenvalue weighted by Gasteiger charge is -2.54. The van der Waals surface area contributed by atoms with E-state index in [1.165, 1.54) is 30.7 Å². The van der Waals surface area contributed by atoms with Gasteiger partial charge in [-0.1, -0.05) is 6.07 Å². The van der Waals surface area contributed by atoms with Crippen molar-refractivity contribution < 1.29 is 9.53 Å². The topological polar surface area (TPSA) is 42.4 Å². The molecule has 2 unspecified atom stereocenters. The largest absolute Gasteiger partial charge is 0.457 e. The summed E-state index contributed by atoms with van der Waals surface area (Å²) in [7, 11) is 0. The van der Waals surface area contributed by atoms with Crippen LogP contribution in [0.3, 0.4) is 0 Å². The minimum absolute atomic E-state index is 0.0992. The molecule has 2 aromatic rings. The highest BCUT2D eigenvalue weighted by atomic mass is 32.1. The van der Waals surface area contributed by atoms with E-state index in [9.17, 15) is 4.79 Å². The van der Waals surface area contributed by atoms with Crippen LogP contribution in [0, 0.1) is 17.8 Å². The van der Waals surface area contributed by atoms with Gasteiger partial charge in [0.2, 0.25) is 0 Å². The SMILES string of the molecule is O=C(OC1C2CC3CC1CN(C3)C2)c1csc(-c2cccs2)n1. The number of hydrogen-bond acceptors (Lipinski definition) is 6. The van der Waals surface area contributed by atoms with Crippen LogP contribution in [0.25, 0.3) is 9.88 Å². The van der Waals surface area contributed by atoms with Crippen molar-refractivity contribution in [2.45, 2.75) is 18.9 Å². The number of rotatable bonds is 3. The standard InChI is InChI=1S/C17H18N2O2S2/c20-17(13-9-23-16(18-13)14-2-1-3-22-14)21-15-11-4-10-5-12(15)8-19(6-10)7-11/h1-3,9-12,15H,4-8H2. The van der Waals surface area contributed by atoms with Gasteiger partial charge >= 0.3 is 5.97 Å². The summed E-state index contributed by atoms with van der Waals surface area (Å²) >= 11 is 3.16. The van der Waals surface area contributed by atoms with Gasteiger partial charge in [-0.3, -0.25) is 0 Å². The van der Waals surface area contributed by atoms with Crippen LogP contribution in [0.4, 0.5) is 0 Å². The van der Waals surface area contributed by atoms with Gasteiger partial charge in [0.05, 0.1) is 4.88 Å². The second kappa shape index (κ2) is 5.40. The van der Waals surface area contributed by atoms with Gasteiger partial charge in [-0.25, -0.2) is 9.78 Å². The van der Waals surface area contributed by atoms with Crippen LogP contribution >= 0.6 is 22.7 Å². The highest BCUT2D eigenvalue weighted by molar-refractivity contribution is 7.20. The van der Waals surface area contributed by atoms with E-state index in [0.717, 1.165) is 28.9 Å². The van der Waals surface area contributed by atoms with Crippen LogP contribution < -0.4 is 0 Å². The van der Waals surface area contributed by atoms with Crippen molar-refractivity contribution in [2.75, 3.05) is 19.6 Å². The van der Waals surface area contributed by atoms with E-state index in [1.54, 1.807) is 11.3 Å². The van der Waals surface area contributed by atoms with Gasteiger partial charge in [0.15, 0.2) is 5.69 Å². The Labute approximate surface area is 143 Å². The molecule has 1 aliphatic carbocycles. The summed E-state index contributed by atoms with van der Waals surface area (Å²) in [6.45, 7) is 3.45. The van der Waals surface area contributed by atoms with E-state index in [0.29, 0.717) is 17.5 Å². The molecule has 0 spiro atoms. The molecular formula is C17H18N2O2S2. The Morgan fingerprint density at radius 3 is 2.74 bits per heavy atom. The lowest BCUT2D eigenvalue weighted by molar-refractivity contribution is -0.116. The van der Waals surface area contributed by atoms with Crippen molar-refractivity contribution in [3.63, 3.8) is 0 Å². The third-order valence-corrected chi connectivity index (χ3v) is 7.27. The third-order valence-electron chi connectivity index (χ3n) is 5.39. The van der Waals surface area contributed by atoms with Crippen molar-refractivity contribution in [3.05, 3.63) is 28.6 Å². The number of carbonyl (C=O) groups excluding carboxylic acids is 1. The van der Waals surface area contributed by atoms with E-state index >= 15 is 0 Å². The van der Waals surface area contributed by atoms with E-state index in [1.807, 2.05) is 22.9 Å². The molecule has 0 radical (unpaired) electrons. The van der Waals surface area contributed by atoms with Crippen LogP contribution in [0.1, 0.15) is 23.3 Å². The number of thiophene rings is 1. The molecule has 3 saturated heterocycles. The summed E-state index contributed by atoms with van der Waals surface area (Å²) in [6, 6.07) is 4.04. The van der Waals surface area contributed by atoms with Crippen molar-refractivity contribution in [2.24, 2.45) is 17.8 Å². The molecule has 6 heteroatoms. The quantitative estimate of drug-likeness (QED) is 0.799. The third kappa shape index (κ3) is 2.44. The highest BCUT2D eigenvalue weighted by Gasteiger charge is 2.49.